The standard InChI is InChI=1S/C14H15ClN4O2/c1-21-7-6-19(10-11-4-2-3-5-17-11)14(20)12-8-16-9-13(15)18-12/h2-5,8-9H,6-7,10H2,1H3. The Bertz CT molecular complexity index is 595. The summed E-state index contributed by atoms with van der Waals surface area (Å²) in [5.41, 5.74) is 0.992. The molecule has 6 nitrogen and oxygen atoms in total. The van der Waals surface area contributed by atoms with Crippen LogP contribution in [-0.4, -0.2) is 46.0 Å². The first-order valence-corrected chi connectivity index (χ1v) is 6.74. The van der Waals surface area contributed by atoms with Crippen LogP contribution in [0.15, 0.2) is 36.8 Å². The lowest BCUT2D eigenvalue weighted by molar-refractivity contribution is 0.0671. The highest BCUT2D eigenvalue weighted by Gasteiger charge is 2.18. The third-order valence-electron chi connectivity index (χ3n) is 2.76. The van der Waals surface area contributed by atoms with Gasteiger partial charge in [-0.3, -0.25) is 14.8 Å². The van der Waals surface area contributed by atoms with Crippen molar-refractivity contribution < 1.29 is 9.53 Å². The summed E-state index contributed by atoms with van der Waals surface area (Å²) in [6, 6.07) is 5.56. The van der Waals surface area contributed by atoms with E-state index in [9.17, 15) is 4.79 Å². The summed E-state index contributed by atoms with van der Waals surface area (Å²) >= 11 is 5.78. The zero-order valence-corrected chi connectivity index (χ0v) is 12.3. The van der Waals surface area contributed by atoms with Crippen molar-refractivity contribution in [3.63, 3.8) is 0 Å². The van der Waals surface area contributed by atoms with Gasteiger partial charge in [0.05, 0.1) is 31.2 Å². The van der Waals surface area contributed by atoms with Gasteiger partial charge in [-0.2, -0.15) is 0 Å². The number of carbonyl (C=O) groups excluding carboxylic acids is 1. The fourth-order valence-electron chi connectivity index (χ4n) is 1.75. The molecule has 0 radical (unpaired) electrons. The molecule has 0 aliphatic rings. The second-order valence-electron chi connectivity index (χ2n) is 4.27. The van der Waals surface area contributed by atoms with Gasteiger partial charge in [-0.1, -0.05) is 17.7 Å². The zero-order chi connectivity index (χ0) is 15.1. The molecule has 1 amide bonds. The highest BCUT2D eigenvalue weighted by atomic mass is 35.5. The van der Waals surface area contributed by atoms with Gasteiger partial charge in [-0.25, -0.2) is 4.98 Å². The van der Waals surface area contributed by atoms with Crippen LogP contribution < -0.4 is 0 Å². The number of methoxy groups -OCH3 is 1. The monoisotopic (exact) mass is 306 g/mol. The van der Waals surface area contributed by atoms with Crippen molar-refractivity contribution in [2.24, 2.45) is 0 Å². The topological polar surface area (TPSA) is 68.2 Å². The van der Waals surface area contributed by atoms with Crippen LogP contribution in [0.3, 0.4) is 0 Å². The van der Waals surface area contributed by atoms with E-state index in [1.54, 1.807) is 18.2 Å². The summed E-state index contributed by atoms with van der Waals surface area (Å²) in [4.78, 5) is 26.2. The van der Waals surface area contributed by atoms with Crippen LogP contribution in [0.25, 0.3) is 0 Å². The summed E-state index contributed by atoms with van der Waals surface area (Å²) in [7, 11) is 1.59. The lowest BCUT2D eigenvalue weighted by atomic mass is 10.3. The molecule has 0 aliphatic heterocycles. The minimum Gasteiger partial charge on any atom is -0.383 e. The Hall–Kier alpha value is -2.05. The Balaban J connectivity index is 2.17. The van der Waals surface area contributed by atoms with Gasteiger partial charge in [-0.15, -0.1) is 0 Å². The molecule has 2 aromatic rings. The molecule has 0 atom stereocenters. The Morgan fingerprint density at radius 2 is 2.24 bits per heavy atom. The maximum absolute atomic E-state index is 12.5. The number of aromatic nitrogens is 3. The number of nitrogens with zero attached hydrogens (tertiary/aromatic N) is 4. The van der Waals surface area contributed by atoms with Crippen LogP contribution in [0.1, 0.15) is 16.2 Å². The normalized spacial score (nSPS) is 10.4. The smallest absolute Gasteiger partial charge is 0.274 e. The first-order valence-electron chi connectivity index (χ1n) is 6.36. The maximum atomic E-state index is 12.5. The molecule has 2 rings (SSSR count). The second kappa shape index (κ2) is 7.66. The molecule has 110 valence electrons. The van der Waals surface area contributed by atoms with E-state index in [2.05, 4.69) is 15.0 Å². The van der Waals surface area contributed by atoms with E-state index < -0.39 is 0 Å². The predicted molar refractivity (Wildman–Crippen MR) is 77.9 cm³/mol. The van der Waals surface area contributed by atoms with Crippen molar-refractivity contribution in [2.45, 2.75) is 6.54 Å². The highest BCUT2D eigenvalue weighted by Crippen LogP contribution is 2.09. The van der Waals surface area contributed by atoms with Crippen LogP contribution in [0, 0.1) is 0 Å². The van der Waals surface area contributed by atoms with Gasteiger partial charge < -0.3 is 9.64 Å². The van der Waals surface area contributed by atoms with Crippen LogP contribution >= 0.6 is 11.6 Å². The Morgan fingerprint density at radius 1 is 1.38 bits per heavy atom. The summed E-state index contributed by atoms with van der Waals surface area (Å²) in [6.45, 7) is 1.23. The SMILES string of the molecule is COCCN(Cc1ccccn1)C(=O)c1cncc(Cl)n1. The van der Waals surface area contributed by atoms with E-state index in [4.69, 9.17) is 16.3 Å². The average molecular weight is 307 g/mol. The number of pyridine rings is 1. The van der Waals surface area contributed by atoms with Gasteiger partial charge in [-0.05, 0) is 12.1 Å². The molecule has 2 heterocycles. The Morgan fingerprint density at radius 3 is 2.90 bits per heavy atom. The summed E-state index contributed by atoms with van der Waals surface area (Å²) in [5.74, 6) is -0.257. The third-order valence-corrected chi connectivity index (χ3v) is 2.94. The van der Waals surface area contributed by atoms with Crippen molar-refractivity contribution in [1.82, 2.24) is 19.9 Å². The Kier molecular flexibility index (Phi) is 5.59. The molecule has 0 saturated heterocycles. The predicted octanol–water partition coefficient (Wildman–Crippen LogP) is 1.81. The van der Waals surface area contributed by atoms with Gasteiger partial charge >= 0.3 is 0 Å². The second-order valence-corrected chi connectivity index (χ2v) is 4.65. The molecule has 7 heteroatoms. The first-order chi connectivity index (χ1) is 10.2. The van der Waals surface area contributed by atoms with E-state index >= 15 is 0 Å². The molecule has 0 spiro atoms. The molecule has 0 fully saturated rings. The van der Waals surface area contributed by atoms with Gasteiger partial charge in [0.25, 0.3) is 5.91 Å². The number of halogens is 1. The molecular formula is C14H15ClN4O2. The van der Waals surface area contributed by atoms with Gasteiger partial charge in [0.1, 0.15) is 10.8 Å². The Labute approximate surface area is 127 Å². The third kappa shape index (κ3) is 4.47. The van der Waals surface area contributed by atoms with Gasteiger partial charge in [0.15, 0.2) is 0 Å². The summed E-state index contributed by atoms with van der Waals surface area (Å²) in [6.07, 6.45) is 4.47. The number of rotatable bonds is 6. The van der Waals surface area contributed by atoms with E-state index in [0.29, 0.717) is 19.7 Å². The lowest BCUT2D eigenvalue weighted by Gasteiger charge is -2.21. The first kappa shape index (κ1) is 15.3. The summed E-state index contributed by atoms with van der Waals surface area (Å²) in [5, 5.41) is 0.186. The quantitative estimate of drug-likeness (QED) is 0.814. The van der Waals surface area contributed by atoms with Crippen LogP contribution in [-0.2, 0) is 11.3 Å². The van der Waals surface area contributed by atoms with E-state index in [1.807, 2.05) is 18.2 Å². The zero-order valence-electron chi connectivity index (χ0n) is 11.6. The molecule has 0 bridgehead atoms. The van der Waals surface area contributed by atoms with Crippen LogP contribution in [0.5, 0.6) is 0 Å². The molecule has 0 N–H and O–H groups in total. The van der Waals surface area contributed by atoms with E-state index in [-0.39, 0.29) is 16.8 Å². The number of amides is 1. The van der Waals surface area contributed by atoms with Gasteiger partial charge in [0, 0.05) is 19.9 Å². The minimum atomic E-state index is -0.257. The van der Waals surface area contributed by atoms with Crippen molar-refractivity contribution in [3.05, 3.63) is 53.3 Å². The number of carbonyl (C=O) groups is 1. The van der Waals surface area contributed by atoms with Crippen LogP contribution in [0.2, 0.25) is 5.15 Å². The van der Waals surface area contributed by atoms with Crippen molar-refractivity contribution in [2.75, 3.05) is 20.3 Å². The van der Waals surface area contributed by atoms with Crippen molar-refractivity contribution >= 4 is 17.5 Å². The van der Waals surface area contributed by atoms with Crippen molar-refractivity contribution in [3.8, 4) is 0 Å². The summed E-state index contributed by atoms with van der Waals surface area (Å²) < 4.78 is 5.04. The van der Waals surface area contributed by atoms with Crippen LogP contribution in [0.4, 0.5) is 0 Å². The van der Waals surface area contributed by atoms with Gasteiger partial charge in [0.2, 0.25) is 0 Å². The number of hydrogen-bond acceptors (Lipinski definition) is 5. The van der Waals surface area contributed by atoms with Crippen molar-refractivity contribution in [1.29, 1.82) is 0 Å². The fraction of sp³-hybridized carbons (Fsp3) is 0.286. The maximum Gasteiger partial charge on any atom is 0.274 e. The minimum absolute atomic E-state index is 0.186. The molecule has 2 aromatic heterocycles. The molecule has 21 heavy (non-hydrogen) atoms. The highest BCUT2D eigenvalue weighted by molar-refractivity contribution is 6.29. The molecular weight excluding hydrogens is 292 g/mol. The largest absolute Gasteiger partial charge is 0.383 e. The molecule has 0 aromatic carbocycles. The fourth-order valence-corrected chi connectivity index (χ4v) is 1.90. The van der Waals surface area contributed by atoms with E-state index in [1.165, 1.54) is 12.4 Å². The van der Waals surface area contributed by atoms with E-state index in [0.717, 1.165) is 5.69 Å². The average Bonchev–Trinajstić information content (AvgIpc) is 2.51. The lowest BCUT2D eigenvalue weighted by Crippen LogP contribution is -2.34. The number of hydrogen-bond donors (Lipinski definition) is 0. The molecule has 0 unspecified atom stereocenters. The molecule has 0 aliphatic carbocycles. The number of ether oxygens (including phenoxy) is 1. The molecule has 0 saturated carbocycles.